The lowest BCUT2D eigenvalue weighted by molar-refractivity contribution is -0.141. The van der Waals surface area contributed by atoms with Crippen LogP contribution in [-0.2, 0) is 9.53 Å². The molecule has 7 nitrogen and oxygen atoms in total. The Hall–Kier alpha value is -2.67. The van der Waals surface area contributed by atoms with Gasteiger partial charge in [-0.15, -0.1) is 0 Å². The summed E-state index contributed by atoms with van der Waals surface area (Å²) < 4.78 is 6.94. The maximum Gasteiger partial charge on any atom is 0.326 e. The van der Waals surface area contributed by atoms with Crippen LogP contribution in [0, 0.1) is 6.92 Å². The second-order valence-corrected chi connectivity index (χ2v) is 5.85. The van der Waals surface area contributed by atoms with Gasteiger partial charge in [0, 0.05) is 31.8 Å². The molecule has 3 rings (SSSR count). The number of hydrogen-bond donors (Lipinski definition) is 1. The van der Waals surface area contributed by atoms with E-state index in [0.29, 0.717) is 12.0 Å². The van der Waals surface area contributed by atoms with E-state index in [2.05, 4.69) is 5.10 Å². The molecule has 1 aliphatic rings. The third-order valence-corrected chi connectivity index (χ3v) is 4.24. The molecule has 0 saturated carbocycles. The van der Waals surface area contributed by atoms with Crippen LogP contribution in [0.1, 0.15) is 22.5 Å². The number of aromatic nitrogens is 2. The fraction of sp³-hybridized carbons (Fsp3) is 0.353. The summed E-state index contributed by atoms with van der Waals surface area (Å²) in [5.41, 5.74) is 2.19. The molecule has 1 amide bonds. The molecule has 1 aliphatic heterocycles. The van der Waals surface area contributed by atoms with Crippen molar-refractivity contribution in [1.82, 2.24) is 14.7 Å². The molecule has 24 heavy (non-hydrogen) atoms. The Morgan fingerprint density at radius 3 is 2.50 bits per heavy atom. The summed E-state index contributed by atoms with van der Waals surface area (Å²) in [6, 6.07) is 8.00. The van der Waals surface area contributed by atoms with E-state index in [-0.39, 0.29) is 18.6 Å². The van der Waals surface area contributed by atoms with Gasteiger partial charge in [0.1, 0.15) is 6.04 Å². The summed E-state index contributed by atoms with van der Waals surface area (Å²) in [5, 5.41) is 13.6. The average Bonchev–Trinajstić information content (AvgIpc) is 3.20. The topological polar surface area (TPSA) is 84.7 Å². The molecule has 1 saturated heterocycles. The minimum Gasteiger partial charge on any atom is -0.480 e. The molecule has 1 N–H and O–H groups in total. The Morgan fingerprint density at radius 2 is 1.96 bits per heavy atom. The molecule has 2 heterocycles. The molecule has 1 aromatic carbocycles. The van der Waals surface area contributed by atoms with Gasteiger partial charge in [0.25, 0.3) is 5.91 Å². The summed E-state index contributed by atoms with van der Waals surface area (Å²) in [4.78, 5) is 25.4. The maximum absolute atomic E-state index is 12.7. The normalized spacial score (nSPS) is 20.3. The van der Waals surface area contributed by atoms with Crippen molar-refractivity contribution in [2.24, 2.45) is 0 Å². The quantitative estimate of drug-likeness (QED) is 0.919. The van der Waals surface area contributed by atoms with Gasteiger partial charge in [-0.25, -0.2) is 9.48 Å². The van der Waals surface area contributed by atoms with Crippen molar-refractivity contribution in [2.75, 3.05) is 13.7 Å². The highest BCUT2D eigenvalue weighted by Crippen LogP contribution is 2.23. The fourth-order valence-corrected chi connectivity index (χ4v) is 2.91. The van der Waals surface area contributed by atoms with Gasteiger partial charge in [-0.1, -0.05) is 0 Å². The van der Waals surface area contributed by atoms with Gasteiger partial charge in [-0.05, 0) is 37.3 Å². The smallest absolute Gasteiger partial charge is 0.326 e. The number of benzene rings is 1. The van der Waals surface area contributed by atoms with Crippen molar-refractivity contribution in [3.8, 4) is 5.69 Å². The van der Waals surface area contributed by atoms with E-state index < -0.39 is 12.0 Å². The highest BCUT2D eigenvalue weighted by atomic mass is 16.5. The van der Waals surface area contributed by atoms with Crippen molar-refractivity contribution in [2.45, 2.75) is 25.5 Å². The van der Waals surface area contributed by atoms with Crippen LogP contribution in [0.3, 0.4) is 0 Å². The zero-order valence-electron chi connectivity index (χ0n) is 13.5. The van der Waals surface area contributed by atoms with E-state index in [1.807, 2.05) is 19.2 Å². The largest absolute Gasteiger partial charge is 0.480 e. The highest BCUT2D eigenvalue weighted by molar-refractivity contribution is 5.97. The van der Waals surface area contributed by atoms with E-state index in [4.69, 9.17) is 4.74 Å². The van der Waals surface area contributed by atoms with Gasteiger partial charge in [-0.3, -0.25) is 4.79 Å². The first kappa shape index (κ1) is 16.2. The summed E-state index contributed by atoms with van der Waals surface area (Å²) in [6.07, 6.45) is 1.90. The maximum atomic E-state index is 12.7. The molecule has 2 unspecified atom stereocenters. The van der Waals surface area contributed by atoms with Crippen molar-refractivity contribution in [3.05, 3.63) is 47.8 Å². The predicted octanol–water partition coefficient (Wildman–Crippen LogP) is 1.49. The SMILES string of the molecule is COC1CC(C(=O)O)N(C(=O)c2ccc(-n3ccc(C)n3)cc2)C1. The van der Waals surface area contributed by atoms with Crippen molar-refractivity contribution in [3.63, 3.8) is 0 Å². The molecule has 2 aromatic rings. The van der Waals surface area contributed by atoms with Gasteiger partial charge >= 0.3 is 5.97 Å². The Kier molecular flexibility index (Phi) is 4.35. The number of aryl methyl sites for hydroxylation is 1. The molecule has 0 radical (unpaired) electrons. The molecule has 1 aromatic heterocycles. The number of hydrogen-bond acceptors (Lipinski definition) is 4. The first-order valence-corrected chi connectivity index (χ1v) is 7.69. The van der Waals surface area contributed by atoms with Gasteiger partial charge in [0.15, 0.2) is 0 Å². The predicted molar refractivity (Wildman–Crippen MR) is 86.2 cm³/mol. The van der Waals surface area contributed by atoms with Crippen LogP contribution in [0.5, 0.6) is 0 Å². The number of carboxylic acids is 1. The van der Waals surface area contributed by atoms with Crippen molar-refractivity contribution >= 4 is 11.9 Å². The Bertz CT molecular complexity index is 753. The molecular weight excluding hydrogens is 310 g/mol. The number of nitrogens with zero attached hydrogens (tertiary/aromatic N) is 3. The molecule has 0 aliphatic carbocycles. The number of likely N-dealkylation sites (tertiary alicyclic amines) is 1. The molecule has 0 spiro atoms. The number of amides is 1. The monoisotopic (exact) mass is 329 g/mol. The third kappa shape index (κ3) is 3.03. The van der Waals surface area contributed by atoms with Crippen molar-refractivity contribution in [1.29, 1.82) is 0 Å². The lowest BCUT2D eigenvalue weighted by Gasteiger charge is -2.21. The van der Waals surface area contributed by atoms with Crippen LogP contribution >= 0.6 is 0 Å². The number of carbonyl (C=O) groups is 2. The van der Waals surface area contributed by atoms with Gasteiger partial charge in [-0.2, -0.15) is 5.10 Å². The summed E-state index contributed by atoms with van der Waals surface area (Å²) in [6.45, 7) is 2.19. The zero-order valence-corrected chi connectivity index (χ0v) is 13.5. The Morgan fingerprint density at radius 1 is 1.25 bits per heavy atom. The molecular formula is C17H19N3O4. The first-order valence-electron chi connectivity index (χ1n) is 7.69. The summed E-state index contributed by atoms with van der Waals surface area (Å²) in [7, 11) is 1.53. The minimum absolute atomic E-state index is 0.249. The zero-order chi connectivity index (χ0) is 17.3. The van der Waals surface area contributed by atoms with E-state index >= 15 is 0 Å². The van der Waals surface area contributed by atoms with E-state index in [1.165, 1.54) is 12.0 Å². The fourth-order valence-electron chi connectivity index (χ4n) is 2.91. The first-order chi connectivity index (χ1) is 11.5. The number of rotatable bonds is 4. The number of carboxylic acid groups (broad SMARTS) is 1. The van der Waals surface area contributed by atoms with Crippen LogP contribution in [0.15, 0.2) is 36.5 Å². The number of carbonyl (C=O) groups excluding carboxylic acids is 1. The number of aliphatic carboxylic acids is 1. The molecule has 126 valence electrons. The van der Waals surface area contributed by atoms with Gasteiger partial charge in [0.05, 0.1) is 17.5 Å². The van der Waals surface area contributed by atoms with Crippen LogP contribution < -0.4 is 0 Å². The number of ether oxygens (including phenoxy) is 1. The highest BCUT2D eigenvalue weighted by Gasteiger charge is 2.40. The summed E-state index contributed by atoms with van der Waals surface area (Å²) >= 11 is 0. The van der Waals surface area contributed by atoms with Crippen LogP contribution in [0.25, 0.3) is 5.69 Å². The molecule has 2 atom stereocenters. The second kappa shape index (κ2) is 6.45. The average molecular weight is 329 g/mol. The van der Waals surface area contributed by atoms with E-state index in [0.717, 1.165) is 11.4 Å². The van der Waals surface area contributed by atoms with E-state index in [9.17, 15) is 14.7 Å². The van der Waals surface area contributed by atoms with Crippen LogP contribution in [0.2, 0.25) is 0 Å². The Labute approximate surface area is 139 Å². The molecule has 7 heteroatoms. The van der Waals surface area contributed by atoms with Crippen molar-refractivity contribution < 1.29 is 19.4 Å². The third-order valence-electron chi connectivity index (χ3n) is 4.24. The van der Waals surface area contributed by atoms with Gasteiger partial charge in [0.2, 0.25) is 0 Å². The Balaban J connectivity index is 1.80. The molecule has 1 fully saturated rings. The molecule has 0 bridgehead atoms. The lowest BCUT2D eigenvalue weighted by Crippen LogP contribution is -2.40. The van der Waals surface area contributed by atoms with Gasteiger partial charge < -0.3 is 14.7 Å². The summed E-state index contributed by atoms with van der Waals surface area (Å²) in [5.74, 6) is -1.31. The van der Waals surface area contributed by atoms with Crippen LogP contribution in [0.4, 0.5) is 0 Å². The number of methoxy groups -OCH3 is 1. The van der Waals surface area contributed by atoms with Crippen LogP contribution in [-0.4, -0.2) is 57.5 Å². The second-order valence-electron chi connectivity index (χ2n) is 5.85. The minimum atomic E-state index is -1.01. The lowest BCUT2D eigenvalue weighted by atomic mass is 10.1. The standard InChI is InChI=1S/C17H19N3O4/c1-11-7-8-20(18-11)13-5-3-12(4-6-13)16(21)19-10-14(24-2)9-15(19)17(22)23/h3-8,14-15H,9-10H2,1-2H3,(H,22,23). The van der Waals surface area contributed by atoms with E-state index in [1.54, 1.807) is 28.9 Å².